The molecule has 7 heteroatoms. The summed E-state index contributed by atoms with van der Waals surface area (Å²) in [6.07, 6.45) is 1.71. The van der Waals surface area contributed by atoms with Crippen LogP contribution in [0.1, 0.15) is 5.56 Å². The van der Waals surface area contributed by atoms with Gasteiger partial charge in [-0.3, -0.25) is 4.79 Å². The number of H-pyrrole nitrogens is 1. The first kappa shape index (κ1) is 13.6. The lowest BCUT2D eigenvalue weighted by molar-refractivity contribution is 0.630. The summed E-state index contributed by atoms with van der Waals surface area (Å²) in [6.45, 7) is 0. The van der Waals surface area contributed by atoms with Gasteiger partial charge >= 0.3 is 0 Å². The smallest absolute Gasteiger partial charge is 0.270 e. The Morgan fingerprint density at radius 2 is 2.26 bits per heavy atom. The Hall–Kier alpha value is -1.84. The van der Waals surface area contributed by atoms with Gasteiger partial charge in [-0.2, -0.15) is 5.26 Å². The van der Waals surface area contributed by atoms with Gasteiger partial charge in [0.05, 0.1) is 10.6 Å². The Kier molecular flexibility index (Phi) is 3.88. The average molecular weight is 296 g/mol. The van der Waals surface area contributed by atoms with Gasteiger partial charge in [-0.15, -0.1) is 0 Å². The third-order valence-corrected chi connectivity index (χ3v) is 3.30. The van der Waals surface area contributed by atoms with E-state index in [2.05, 4.69) is 9.97 Å². The number of thioether (sulfide) groups is 1. The zero-order chi connectivity index (χ0) is 14.0. The minimum absolute atomic E-state index is 0.0397. The van der Waals surface area contributed by atoms with Crippen LogP contribution in [0.4, 0.5) is 4.39 Å². The van der Waals surface area contributed by atoms with E-state index in [4.69, 9.17) is 16.9 Å². The standard InChI is InChI=1S/C12H7ClFN3OS/c1-19-12-16-10(6(5-15)11(18)17-12)9-7(13)3-2-4-8(9)14/h2-4H,1H3,(H,16,17,18). The van der Waals surface area contributed by atoms with Crippen molar-refractivity contribution in [3.05, 3.63) is 45.0 Å². The van der Waals surface area contributed by atoms with Gasteiger partial charge in [0.25, 0.3) is 5.56 Å². The fraction of sp³-hybridized carbons (Fsp3) is 0.0833. The van der Waals surface area contributed by atoms with Crippen molar-refractivity contribution in [3.8, 4) is 17.3 Å². The first-order chi connectivity index (χ1) is 9.08. The number of aromatic nitrogens is 2. The molecule has 0 radical (unpaired) electrons. The first-order valence-corrected chi connectivity index (χ1v) is 6.71. The van der Waals surface area contributed by atoms with Crippen molar-refractivity contribution in [3.63, 3.8) is 0 Å². The fourth-order valence-corrected chi connectivity index (χ4v) is 2.19. The van der Waals surface area contributed by atoms with Crippen molar-refractivity contribution in [2.75, 3.05) is 6.26 Å². The number of nitrogens with one attached hydrogen (secondary N) is 1. The van der Waals surface area contributed by atoms with E-state index in [1.807, 2.05) is 0 Å². The monoisotopic (exact) mass is 295 g/mol. The van der Waals surface area contributed by atoms with Gasteiger partial charge < -0.3 is 4.98 Å². The van der Waals surface area contributed by atoms with E-state index in [0.29, 0.717) is 5.16 Å². The predicted octanol–water partition coefficient (Wildman–Crippen LogP) is 2.82. The highest BCUT2D eigenvalue weighted by Gasteiger charge is 2.18. The Bertz CT molecular complexity index is 718. The van der Waals surface area contributed by atoms with Gasteiger partial charge in [0.15, 0.2) is 5.16 Å². The number of halogens is 2. The quantitative estimate of drug-likeness (QED) is 0.683. The Labute approximate surface area is 117 Å². The third kappa shape index (κ3) is 2.48. The molecular weight excluding hydrogens is 289 g/mol. The summed E-state index contributed by atoms with van der Waals surface area (Å²) in [5, 5.41) is 9.41. The van der Waals surface area contributed by atoms with Crippen LogP contribution in [0.5, 0.6) is 0 Å². The molecule has 0 aliphatic rings. The fourth-order valence-electron chi connectivity index (χ4n) is 1.56. The lowest BCUT2D eigenvalue weighted by atomic mass is 10.1. The molecule has 4 nitrogen and oxygen atoms in total. The van der Waals surface area contributed by atoms with Crippen LogP contribution in [0, 0.1) is 17.1 Å². The van der Waals surface area contributed by atoms with Gasteiger partial charge in [-0.1, -0.05) is 29.4 Å². The summed E-state index contributed by atoms with van der Waals surface area (Å²) in [6, 6.07) is 5.84. The van der Waals surface area contributed by atoms with Crippen LogP contribution in [0.3, 0.4) is 0 Å². The molecule has 0 amide bonds. The molecule has 1 heterocycles. The molecule has 1 aromatic carbocycles. The highest BCUT2D eigenvalue weighted by atomic mass is 35.5. The first-order valence-electron chi connectivity index (χ1n) is 5.11. The van der Waals surface area contributed by atoms with Crippen molar-refractivity contribution in [1.82, 2.24) is 9.97 Å². The van der Waals surface area contributed by atoms with Crippen LogP contribution >= 0.6 is 23.4 Å². The second-order valence-electron chi connectivity index (χ2n) is 3.51. The second kappa shape index (κ2) is 5.43. The van der Waals surface area contributed by atoms with E-state index in [1.54, 1.807) is 12.3 Å². The van der Waals surface area contributed by atoms with Crippen molar-refractivity contribution in [2.24, 2.45) is 0 Å². The zero-order valence-corrected chi connectivity index (χ0v) is 11.3. The SMILES string of the molecule is CSc1nc(-c2c(F)cccc2Cl)c(C#N)c(=O)[nH]1. The summed E-state index contributed by atoms with van der Waals surface area (Å²) < 4.78 is 13.9. The molecule has 0 unspecified atom stereocenters. The van der Waals surface area contributed by atoms with E-state index in [9.17, 15) is 9.18 Å². The van der Waals surface area contributed by atoms with Crippen LogP contribution in [-0.2, 0) is 0 Å². The maximum atomic E-state index is 13.9. The highest BCUT2D eigenvalue weighted by molar-refractivity contribution is 7.98. The lowest BCUT2D eigenvalue weighted by Crippen LogP contribution is -2.15. The van der Waals surface area contributed by atoms with Gasteiger partial charge in [-0.05, 0) is 18.4 Å². The van der Waals surface area contributed by atoms with Gasteiger partial charge in [0, 0.05) is 0 Å². The Balaban J connectivity index is 2.86. The number of aromatic amines is 1. The van der Waals surface area contributed by atoms with E-state index in [1.165, 1.54) is 30.0 Å². The summed E-state index contributed by atoms with van der Waals surface area (Å²) in [5.74, 6) is -0.630. The second-order valence-corrected chi connectivity index (χ2v) is 4.71. The van der Waals surface area contributed by atoms with Crippen LogP contribution in [0.15, 0.2) is 28.2 Å². The molecule has 0 saturated carbocycles. The summed E-state index contributed by atoms with van der Waals surface area (Å²) >= 11 is 7.11. The van der Waals surface area contributed by atoms with Crippen LogP contribution in [-0.4, -0.2) is 16.2 Å². The normalized spacial score (nSPS) is 10.2. The van der Waals surface area contributed by atoms with Crippen LogP contribution in [0.25, 0.3) is 11.3 Å². The van der Waals surface area contributed by atoms with Gasteiger partial charge in [0.1, 0.15) is 23.1 Å². The number of rotatable bonds is 2. The molecule has 19 heavy (non-hydrogen) atoms. The molecule has 1 N–H and O–H groups in total. The average Bonchev–Trinajstić information content (AvgIpc) is 2.38. The molecule has 0 aliphatic carbocycles. The molecule has 0 atom stereocenters. The zero-order valence-electron chi connectivity index (χ0n) is 9.70. The predicted molar refractivity (Wildman–Crippen MR) is 71.8 cm³/mol. The maximum absolute atomic E-state index is 13.9. The molecule has 0 spiro atoms. The largest absolute Gasteiger partial charge is 0.300 e. The number of benzene rings is 1. The summed E-state index contributed by atoms with van der Waals surface area (Å²) in [4.78, 5) is 18.3. The van der Waals surface area contributed by atoms with Crippen molar-refractivity contribution in [2.45, 2.75) is 5.16 Å². The molecular formula is C12H7ClFN3OS. The third-order valence-electron chi connectivity index (χ3n) is 2.40. The summed E-state index contributed by atoms with van der Waals surface area (Å²) in [7, 11) is 0. The number of nitriles is 1. The molecule has 0 fully saturated rings. The Morgan fingerprint density at radius 1 is 1.53 bits per heavy atom. The van der Waals surface area contributed by atoms with Crippen molar-refractivity contribution < 1.29 is 4.39 Å². The molecule has 2 aromatic rings. The lowest BCUT2D eigenvalue weighted by Gasteiger charge is -2.07. The van der Waals surface area contributed by atoms with E-state index in [0.717, 1.165) is 0 Å². The molecule has 0 bridgehead atoms. The number of hydrogen-bond acceptors (Lipinski definition) is 4. The van der Waals surface area contributed by atoms with E-state index >= 15 is 0 Å². The number of nitrogens with zero attached hydrogens (tertiary/aromatic N) is 2. The molecule has 96 valence electrons. The van der Waals surface area contributed by atoms with E-state index < -0.39 is 11.4 Å². The van der Waals surface area contributed by atoms with Gasteiger partial charge in [-0.25, -0.2) is 9.37 Å². The molecule has 1 aromatic heterocycles. The van der Waals surface area contributed by atoms with E-state index in [-0.39, 0.29) is 21.8 Å². The minimum Gasteiger partial charge on any atom is -0.300 e. The molecule has 0 aliphatic heterocycles. The van der Waals surface area contributed by atoms with Crippen LogP contribution < -0.4 is 5.56 Å². The number of hydrogen-bond donors (Lipinski definition) is 1. The van der Waals surface area contributed by atoms with Crippen molar-refractivity contribution >= 4 is 23.4 Å². The Morgan fingerprint density at radius 3 is 2.84 bits per heavy atom. The summed E-state index contributed by atoms with van der Waals surface area (Å²) in [5.41, 5.74) is -0.957. The van der Waals surface area contributed by atoms with Gasteiger partial charge in [0.2, 0.25) is 0 Å². The topological polar surface area (TPSA) is 69.5 Å². The van der Waals surface area contributed by atoms with Crippen molar-refractivity contribution in [1.29, 1.82) is 5.26 Å². The molecule has 2 rings (SSSR count). The minimum atomic E-state index is -0.630. The highest BCUT2D eigenvalue weighted by Crippen LogP contribution is 2.30. The maximum Gasteiger partial charge on any atom is 0.270 e. The molecule has 0 saturated heterocycles. The van der Waals surface area contributed by atoms with Crippen LogP contribution in [0.2, 0.25) is 5.02 Å².